The minimum absolute atomic E-state index is 0.722. The fourth-order valence-corrected chi connectivity index (χ4v) is 2.30. The zero-order valence-corrected chi connectivity index (χ0v) is 12.1. The van der Waals surface area contributed by atoms with Crippen LogP contribution in [0.2, 0.25) is 0 Å². The molecule has 1 heterocycles. The minimum Gasteiger partial charge on any atom is -0.373 e. The van der Waals surface area contributed by atoms with E-state index in [1.165, 1.54) is 0 Å². The molecule has 0 aliphatic heterocycles. The van der Waals surface area contributed by atoms with Gasteiger partial charge in [-0.1, -0.05) is 13.3 Å². The van der Waals surface area contributed by atoms with E-state index in [0.717, 1.165) is 48.8 Å². The molecule has 0 aliphatic carbocycles. The van der Waals surface area contributed by atoms with Gasteiger partial charge in [0, 0.05) is 42.0 Å². The highest BCUT2D eigenvalue weighted by Gasteiger charge is 2.08. The molecule has 1 aromatic heterocycles. The van der Waals surface area contributed by atoms with Crippen LogP contribution in [-0.2, 0) is 17.2 Å². The predicted octanol–water partition coefficient (Wildman–Crippen LogP) is 1.65. The number of rotatable bonds is 8. The fraction of sp³-hybridized carbons (Fsp3) is 0.667. The summed E-state index contributed by atoms with van der Waals surface area (Å²) in [5, 5.41) is 6.39. The SMILES string of the molecule is CCCc1c(NC)ncnc1NCCCS(C)=O. The van der Waals surface area contributed by atoms with Crippen LogP contribution in [-0.4, -0.2) is 39.8 Å². The van der Waals surface area contributed by atoms with E-state index in [1.807, 2.05) is 7.05 Å². The molecule has 0 amide bonds. The maximum atomic E-state index is 11.0. The van der Waals surface area contributed by atoms with Crippen molar-refractivity contribution >= 4 is 22.4 Å². The number of anilines is 2. The van der Waals surface area contributed by atoms with Crippen molar-refractivity contribution in [3.8, 4) is 0 Å². The molecule has 0 radical (unpaired) electrons. The summed E-state index contributed by atoms with van der Waals surface area (Å²) < 4.78 is 11.0. The van der Waals surface area contributed by atoms with Crippen LogP contribution in [0.4, 0.5) is 11.6 Å². The smallest absolute Gasteiger partial charge is 0.134 e. The van der Waals surface area contributed by atoms with E-state index >= 15 is 0 Å². The van der Waals surface area contributed by atoms with E-state index in [4.69, 9.17) is 0 Å². The van der Waals surface area contributed by atoms with Crippen LogP contribution in [0.3, 0.4) is 0 Å². The summed E-state index contributed by atoms with van der Waals surface area (Å²) in [6.07, 6.45) is 6.17. The summed E-state index contributed by atoms with van der Waals surface area (Å²) in [4.78, 5) is 8.51. The molecular formula is C12H22N4OS. The van der Waals surface area contributed by atoms with Gasteiger partial charge in [-0.15, -0.1) is 0 Å². The van der Waals surface area contributed by atoms with Crippen molar-refractivity contribution in [2.45, 2.75) is 26.2 Å². The molecule has 0 aliphatic rings. The number of nitrogens with zero attached hydrogens (tertiary/aromatic N) is 2. The Hall–Kier alpha value is -1.17. The molecule has 2 N–H and O–H groups in total. The van der Waals surface area contributed by atoms with Crippen LogP contribution in [0.15, 0.2) is 6.33 Å². The first-order chi connectivity index (χ1) is 8.69. The number of nitrogens with one attached hydrogen (secondary N) is 2. The van der Waals surface area contributed by atoms with Gasteiger partial charge in [0.15, 0.2) is 0 Å². The van der Waals surface area contributed by atoms with Gasteiger partial charge in [-0.25, -0.2) is 9.97 Å². The molecule has 0 spiro atoms. The molecule has 6 heteroatoms. The van der Waals surface area contributed by atoms with E-state index in [1.54, 1.807) is 12.6 Å². The van der Waals surface area contributed by atoms with Gasteiger partial charge >= 0.3 is 0 Å². The van der Waals surface area contributed by atoms with E-state index in [0.29, 0.717) is 0 Å². The van der Waals surface area contributed by atoms with Gasteiger partial charge in [-0.2, -0.15) is 0 Å². The second kappa shape index (κ2) is 8.02. The quantitative estimate of drug-likeness (QED) is 0.703. The standard InChI is InChI=1S/C12H22N4OS/c1-4-6-10-11(13-2)15-9-16-12(10)14-7-5-8-18(3)17/h9H,4-8H2,1-3H3,(H2,13,14,15,16). The Labute approximate surface area is 111 Å². The Balaban J connectivity index is 2.65. The Morgan fingerprint density at radius 1 is 1.33 bits per heavy atom. The number of hydrogen-bond donors (Lipinski definition) is 2. The highest BCUT2D eigenvalue weighted by Crippen LogP contribution is 2.20. The van der Waals surface area contributed by atoms with E-state index in [2.05, 4.69) is 27.5 Å². The minimum atomic E-state index is -0.723. The second-order valence-electron chi connectivity index (χ2n) is 4.11. The molecule has 0 fully saturated rings. The molecule has 0 aromatic carbocycles. The molecule has 102 valence electrons. The second-order valence-corrected chi connectivity index (χ2v) is 5.66. The van der Waals surface area contributed by atoms with Crippen LogP contribution in [0, 0.1) is 0 Å². The summed E-state index contributed by atoms with van der Waals surface area (Å²) in [5.41, 5.74) is 1.13. The highest BCUT2D eigenvalue weighted by atomic mass is 32.2. The molecule has 0 saturated heterocycles. The summed E-state index contributed by atoms with van der Waals surface area (Å²) in [5.74, 6) is 2.49. The van der Waals surface area contributed by atoms with Crippen molar-refractivity contribution in [2.24, 2.45) is 0 Å². The lowest BCUT2D eigenvalue weighted by Gasteiger charge is -2.13. The van der Waals surface area contributed by atoms with Gasteiger partial charge < -0.3 is 10.6 Å². The molecule has 1 rings (SSSR count). The molecule has 0 bridgehead atoms. The molecule has 5 nitrogen and oxygen atoms in total. The summed E-state index contributed by atoms with van der Waals surface area (Å²) >= 11 is 0. The van der Waals surface area contributed by atoms with Gasteiger partial charge in [0.05, 0.1) is 0 Å². The lowest BCUT2D eigenvalue weighted by Crippen LogP contribution is -2.11. The first-order valence-corrected chi connectivity index (χ1v) is 7.97. The average molecular weight is 270 g/mol. The third-order valence-electron chi connectivity index (χ3n) is 2.58. The average Bonchev–Trinajstić information content (AvgIpc) is 2.36. The largest absolute Gasteiger partial charge is 0.373 e. The zero-order chi connectivity index (χ0) is 13.4. The van der Waals surface area contributed by atoms with Crippen molar-refractivity contribution < 1.29 is 4.21 Å². The van der Waals surface area contributed by atoms with E-state index in [9.17, 15) is 4.21 Å². The van der Waals surface area contributed by atoms with Crippen molar-refractivity contribution in [2.75, 3.05) is 36.2 Å². The number of hydrogen-bond acceptors (Lipinski definition) is 5. The molecule has 1 unspecified atom stereocenters. The van der Waals surface area contributed by atoms with Gasteiger partial charge in [-0.3, -0.25) is 4.21 Å². The first kappa shape index (κ1) is 14.9. The van der Waals surface area contributed by atoms with Crippen molar-refractivity contribution in [3.63, 3.8) is 0 Å². The van der Waals surface area contributed by atoms with Crippen LogP contribution < -0.4 is 10.6 Å². The Bertz CT molecular complexity index is 398. The van der Waals surface area contributed by atoms with Crippen LogP contribution in [0.25, 0.3) is 0 Å². The molecule has 1 aromatic rings. The normalized spacial score (nSPS) is 12.2. The van der Waals surface area contributed by atoms with Crippen molar-refractivity contribution in [1.29, 1.82) is 0 Å². The Morgan fingerprint density at radius 3 is 2.67 bits per heavy atom. The maximum absolute atomic E-state index is 11.0. The van der Waals surface area contributed by atoms with E-state index in [-0.39, 0.29) is 0 Å². The maximum Gasteiger partial charge on any atom is 0.134 e. The molecular weight excluding hydrogens is 248 g/mol. The van der Waals surface area contributed by atoms with Gasteiger partial charge in [0.25, 0.3) is 0 Å². The third kappa shape index (κ3) is 4.60. The lowest BCUT2D eigenvalue weighted by atomic mass is 10.1. The first-order valence-electron chi connectivity index (χ1n) is 6.24. The molecule has 18 heavy (non-hydrogen) atoms. The van der Waals surface area contributed by atoms with Crippen molar-refractivity contribution in [3.05, 3.63) is 11.9 Å². The van der Waals surface area contributed by atoms with Gasteiger partial charge in [0.2, 0.25) is 0 Å². The van der Waals surface area contributed by atoms with E-state index < -0.39 is 10.8 Å². The van der Waals surface area contributed by atoms with Crippen LogP contribution in [0.1, 0.15) is 25.3 Å². The van der Waals surface area contributed by atoms with Gasteiger partial charge in [-0.05, 0) is 12.8 Å². The fourth-order valence-electron chi connectivity index (χ4n) is 1.75. The molecule has 1 atom stereocenters. The predicted molar refractivity (Wildman–Crippen MR) is 77.6 cm³/mol. The number of aromatic nitrogens is 2. The highest BCUT2D eigenvalue weighted by molar-refractivity contribution is 7.84. The molecule has 0 saturated carbocycles. The third-order valence-corrected chi connectivity index (χ3v) is 3.45. The summed E-state index contributed by atoms with van der Waals surface area (Å²) in [6.45, 7) is 2.92. The summed E-state index contributed by atoms with van der Waals surface area (Å²) in [7, 11) is 1.14. The zero-order valence-electron chi connectivity index (χ0n) is 11.3. The Morgan fingerprint density at radius 2 is 2.06 bits per heavy atom. The van der Waals surface area contributed by atoms with Crippen LogP contribution >= 0.6 is 0 Å². The monoisotopic (exact) mass is 270 g/mol. The summed E-state index contributed by atoms with van der Waals surface area (Å²) in [6, 6.07) is 0. The van der Waals surface area contributed by atoms with Crippen LogP contribution in [0.5, 0.6) is 0 Å². The topological polar surface area (TPSA) is 66.9 Å². The van der Waals surface area contributed by atoms with Crippen molar-refractivity contribution in [1.82, 2.24) is 9.97 Å². The van der Waals surface area contributed by atoms with Gasteiger partial charge in [0.1, 0.15) is 18.0 Å². The lowest BCUT2D eigenvalue weighted by molar-refractivity contribution is 0.685. The Kier molecular flexibility index (Phi) is 6.64.